The van der Waals surface area contributed by atoms with Crippen molar-refractivity contribution in [3.63, 3.8) is 0 Å². The number of nitrogens with one attached hydrogen (secondary N) is 1. The van der Waals surface area contributed by atoms with Crippen LogP contribution in [0.3, 0.4) is 0 Å². The molecule has 1 aromatic heterocycles. The van der Waals surface area contributed by atoms with E-state index in [2.05, 4.69) is 25.6 Å². The number of rotatable bonds is 10. The Kier molecular flexibility index (Phi) is 9.97. The van der Waals surface area contributed by atoms with Crippen LogP contribution in [0.2, 0.25) is 5.02 Å². The fourth-order valence-electron chi connectivity index (χ4n) is 5.46. The zero-order valence-electron chi connectivity index (χ0n) is 23.5. The van der Waals surface area contributed by atoms with Crippen molar-refractivity contribution in [2.45, 2.75) is 57.7 Å². The number of morpholine rings is 1. The predicted molar refractivity (Wildman–Crippen MR) is 156 cm³/mol. The molecule has 10 nitrogen and oxygen atoms in total. The average molecular weight is 580 g/mol. The number of amides is 2. The molecule has 1 unspecified atom stereocenters. The molecule has 1 saturated heterocycles. The van der Waals surface area contributed by atoms with Crippen LogP contribution in [0.4, 0.5) is 0 Å². The Morgan fingerprint density at radius 2 is 1.76 bits per heavy atom. The molecule has 1 atom stereocenters. The van der Waals surface area contributed by atoms with E-state index < -0.39 is 6.04 Å². The summed E-state index contributed by atoms with van der Waals surface area (Å²) in [5.41, 5.74) is 2.63. The van der Waals surface area contributed by atoms with Gasteiger partial charge in [-0.05, 0) is 54.8 Å². The van der Waals surface area contributed by atoms with Crippen molar-refractivity contribution in [3.8, 4) is 11.4 Å². The zero-order valence-corrected chi connectivity index (χ0v) is 24.3. The van der Waals surface area contributed by atoms with E-state index in [1.807, 2.05) is 43.3 Å². The van der Waals surface area contributed by atoms with Crippen molar-refractivity contribution < 1.29 is 14.3 Å². The summed E-state index contributed by atoms with van der Waals surface area (Å²) in [4.78, 5) is 33.2. The van der Waals surface area contributed by atoms with Gasteiger partial charge >= 0.3 is 0 Å². The smallest absolute Gasteiger partial charge is 0.247 e. The van der Waals surface area contributed by atoms with Crippen molar-refractivity contribution in [1.82, 2.24) is 35.3 Å². The number of tetrazole rings is 1. The first-order valence-corrected chi connectivity index (χ1v) is 14.8. The van der Waals surface area contributed by atoms with Gasteiger partial charge in [0.05, 0.1) is 13.2 Å². The molecule has 41 heavy (non-hydrogen) atoms. The van der Waals surface area contributed by atoms with Crippen LogP contribution < -0.4 is 5.32 Å². The Hall–Kier alpha value is -3.34. The van der Waals surface area contributed by atoms with Gasteiger partial charge in [0, 0.05) is 42.8 Å². The first-order valence-electron chi connectivity index (χ1n) is 14.5. The van der Waals surface area contributed by atoms with Gasteiger partial charge in [0.2, 0.25) is 17.6 Å². The first kappa shape index (κ1) is 29.2. The van der Waals surface area contributed by atoms with E-state index in [1.165, 1.54) is 11.2 Å². The van der Waals surface area contributed by atoms with Crippen LogP contribution in [0.5, 0.6) is 0 Å². The molecule has 2 aromatic carbocycles. The van der Waals surface area contributed by atoms with E-state index in [0.717, 1.165) is 55.5 Å². The molecule has 218 valence electrons. The highest BCUT2D eigenvalue weighted by Gasteiger charge is 2.33. The van der Waals surface area contributed by atoms with Gasteiger partial charge in [-0.1, -0.05) is 60.7 Å². The molecule has 2 fully saturated rings. The minimum atomic E-state index is -0.773. The number of aromatic nitrogens is 4. The molecule has 1 aliphatic carbocycles. The third kappa shape index (κ3) is 7.90. The van der Waals surface area contributed by atoms with E-state index in [4.69, 9.17) is 16.3 Å². The molecular formula is C30H38ClN7O3. The number of hydrogen-bond donors (Lipinski definition) is 1. The monoisotopic (exact) mass is 579 g/mol. The minimum Gasteiger partial charge on any atom is -0.379 e. The summed E-state index contributed by atoms with van der Waals surface area (Å²) in [5, 5.41) is 16.6. The van der Waals surface area contributed by atoms with Crippen LogP contribution >= 0.6 is 11.6 Å². The lowest BCUT2D eigenvalue weighted by molar-refractivity contribution is -0.142. The standard InChI is InChI=1S/C30H38ClN7O3/c1-22-7-9-23(10-8-22)28(30(40)32-26-5-3-2-4-6-26)37(16-15-36-17-19-41-20-18-36)27(39)21-38-34-29(33-35-38)24-11-13-25(31)14-12-24/h7-14,26,28H,2-6,15-21H2,1H3,(H,32,40). The molecule has 1 saturated carbocycles. The number of hydrogen-bond acceptors (Lipinski definition) is 7. The summed E-state index contributed by atoms with van der Waals surface area (Å²) in [7, 11) is 0. The largest absolute Gasteiger partial charge is 0.379 e. The molecule has 0 spiro atoms. The van der Waals surface area contributed by atoms with Gasteiger partial charge in [-0.3, -0.25) is 14.5 Å². The van der Waals surface area contributed by atoms with Gasteiger partial charge in [0.25, 0.3) is 0 Å². The lowest BCUT2D eigenvalue weighted by atomic mass is 9.94. The van der Waals surface area contributed by atoms with E-state index in [9.17, 15) is 9.59 Å². The molecule has 5 rings (SSSR count). The Bertz CT molecular complexity index is 1290. The Morgan fingerprint density at radius 1 is 1.05 bits per heavy atom. The summed E-state index contributed by atoms with van der Waals surface area (Å²) >= 11 is 6.01. The van der Waals surface area contributed by atoms with Crippen molar-refractivity contribution in [2.24, 2.45) is 0 Å². The van der Waals surface area contributed by atoms with E-state index in [-0.39, 0.29) is 24.4 Å². The van der Waals surface area contributed by atoms with Gasteiger partial charge in [-0.2, -0.15) is 4.80 Å². The number of aryl methyl sites for hydroxylation is 1. The molecule has 2 aliphatic rings. The maximum absolute atomic E-state index is 14.0. The van der Waals surface area contributed by atoms with Gasteiger partial charge in [-0.15, -0.1) is 10.2 Å². The van der Waals surface area contributed by atoms with Crippen molar-refractivity contribution in [1.29, 1.82) is 0 Å². The second-order valence-corrected chi connectivity index (χ2v) is 11.3. The van der Waals surface area contributed by atoms with Crippen LogP contribution in [-0.4, -0.2) is 87.3 Å². The van der Waals surface area contributed by atoms with Crippen LogP contribution in [0.1, 0.15) is 49.3 Å². The van der Waals surface area contributed by atoms with Gasteiger partial charge in [0.1, 0.15) is 12.6 Å². The lowest BCUT2D eigenvalue weighted by Crippen LogP contribution is -2.50. The third-order valence-electron chi connectivity index (χ3n) is 7.82. The van der Waals surface area contributed by atoms with Gasteiger partial charge in [-0.25, -0.2) is 0 Å². The Morgan fingerprint density at radius 3 is 2.46 bits per heavy atom. The molecule has 11 heteroatoms. The molecule has 0 bridgehead atoms. The topological polar surface area (TPSA) is 105 Å². The quantitative estimate of drug-likeness (QED) is 0.391. The number of halogens is 1. The van der Waals surface area contributed by atoms with E-state index in [1.54, 1.807) is 17.0 Å². The Labute approximate surface area is 246 Å². The van der Waals surface area contributed by atoms with E-state index in [0.29, 0.717) is 37.2 Å². The Balaban J connectivity index is 1.40. The van der Waals surface area contributed by atoms with Crippen LogP contribution in [0.25, 0.3) is 11.4 Å². The minimum absolute atomic E-state index is 0.124. The van der Waals surface area contributed by atoms with Crippen LogP contribution in [-0.2, 0) is 20.9 Å². The maximum Gasteiger partial charge on any atom is 0.247 e. The first-order chi connectivity index (χ1) is 20.0. The van der Waals surface area contributed by atoms with Crippen molar-refractivity contribution in [3.05, 3.63) is 64.7 Å². The molecule has 2 heterocycles. The highest BCUT2D eigenvalue weighted by Crippen LogP contribution is 2.25. The summed E-state index contributed by atoms with van der Waals surface area (Å²) in [6, 6.07) is 14.3. The molecule has 0 radical (unpaired) electrons. The number of ether oxygens (including phenoxy) is 1. The van der Waals surface area contributed by atoms with Gasteiger partial charge < -0.3 is 15.0 Å². The fourth-order valence-corrected chi connectivity index (χ4v) is 5.58. The highest BCUT2D eigenvalue weighted by molar-refractivity contribution is 6.30. The number of carbonyl (C=O) groups excluding carboxylic acids is 2. The maximum atomic E-state index is 14.0. The van der Waals surface area contributed by atoms with Crippen molar-refractivity contribution in [2.75, 3.05) is 39.4 Å². The second kappa shape index (κ2) is 14.0. The number of nitrogens with zero attached hydrogens (tertiary/aromatic N) is 6. The summed E-state index contributed by atoms with van der Waals surface area (Å²) in [6.45, 7) is 5.80. The van der Waals surface area contributed by atoms with E-state index >= 15 is 0 Å². The predicted octanol–water partition coefficient (Wildman–Crippen LogP) is 3.65. The molecule has 1 aliphatic heterocycles. The van der Waals surface area contributed by atoms with Crippen molar-refractivity contribution >= 4 is 23.4 Å². The summed E-state index contributed by atoms with van der Waals surface area (Å²) < 4.78 is 5.51. The second-order valence-electron chi connectivity index (χ2n) is 10.8. The summed E-state index contributed by atoms with van der Waals surface area (Å²) in [5.74, 6) is 0.00614. The lowest BCUT2D eigenvalue weighted by Gasteiger charge is -2.35. The third-order valence-corrected chi connectivity index (χ3v) is 8.07. The number of carbonyl (C=O) groups is 2. The zero-order chi connectivity index (χ0) is 28.6. The highest BCUT2D eigenvalue weighted by atomic mass is 35.5. The molecule has 3 aromatic rings. The van der Waals surface area contributed by atoms with Crippen LogP contribution in [0, 0.1) is 6.92 Å². The normalized spacial score (nSPS) is 17.2. The van der Waals surface area contributed by atoms with Crippen LogP contribution in [0.15, 0.2) is 48.5 Å². The number of benzene rings is 2. The average Bonchev–Trinajstić information content (AvgIpc) is 3.45. The fraction of sp³-hybridized carbons (Fsp3) is 0.500. The molecule has 2 amide bonds. The summed E-state index contributed by atoms with van der Waals surface area (Å²) in [6.07, 6.45) is 5.33. The molecular weight excluding hydrogens is 542 g/mol. The van der Waals surface area contributed by atoms with Gasteiger partial charge in [0.15, 0.2) is 0 Å². The SMILES string of the molecule is Cc1ccc(C(C(=O)NC2CCCCC2)N(CCN2CCOCC2)C(=O)Cn2nnc(-c3ccc(Cl)cc3)n2)cc1. The molecule has 1 N–H and O–H groups in total.